The number of amides is 1. The molecule has 0 unspecified atom stereocenters. The van der Waals surface area contributed by atoms with Crippen LogP contribution in [0.1, 0.15) is 22.3 Å². The number of nitrogens with zero attached hydrogens (tertiary/aromatic N) is 4. The summed E-state index contributed by atoms with van der Waals surface area (Å²) in [6.45, 7) is 3.32. The van der Waals surface area contributed by atoms with Gasteiger partial charge in [0.1, 0.15) is 0 Å². The molecular formula is C25H22Cl2N4OS. The van der Waals surface area contributed by atoms with Crippen molar-refractivity contribution in [2.45, 2.75) is 19.9 Å². The summed E-state index contributed by atoms with van der Waals surface area (Å²) in [6, 6.07) is 17.7. The average molecular weight is 497 g/mol. The molecule has 0 spiro atoms. The third-order valence-corrected chi connectivity index (χ3v) is 7.05. The predicted molar refractivity (Wildman–Crippen MR) is 139 cm³/mol. The van der Waals surface area contributed by atoms with Gasteiger partial charge in [0.25, 0.3) is 5.91 Å². The van der Waals surface area contributed by atoms with Gasteiger partial charge in [0.05, 0.1) is 21.6 Å². The molecule has 0 saturated heterocycles. The van der Waals surface area contributed by atoms with Crippen molar-refractivity contribution in [3.8, 4) is 0 Å². The first-order valence-electron chi connectivity index (χ1n) is 10.4. The van der Waals surface area contributed by atoms with Gasteiger partial charge in [-0.15, -0.1) is 12.4 Å². The molecule has 8 heteroatoms. The molecule has 0 saturated carbocycles. The minimum atomic E-state index is -0.0609. The van der Waals surface area contributed by atoms with E-state index >= 15 is 0 Å². The second kappa shape index (κ2) is 9.91. The van der Waals surface area contributed by atoms with Crippen LogP contribution in [-0.2, 0) is 6.54 Å². The molecule has 1 amide bonds. The zero-order valence-corrected chi connectivity index (χ0v) is 20.3. The largest absolute Gasteiger partial charge is 0.337 e. The van der Waals surface area contributed by atoms with Crippen LogP contribution in [0.25, 0.3) is 21.0 Å². The van der Waals surface area contributed by atoms with Gasteiger partial charge < -0.3 is 4.57 Å². The molecule has 0 fully saturated rings. The number of carbonyl (C=O) groups excluding carboxylic acids is 1. The van der Waals surface area contributed by atoms with Crippen LogP contribution in [0.3, 0.4) is 0 Å². The molecule has 5 rings (SSSR count). The van der Waals surface area contributed by atoms with Crippen molar-refractivity contribution >= 4 is 67.4 Å². The zero-order valence-electron chi connectivity index (χ0n) is 17.9. The molecule has 0 aliphatic carbocycles. The fourth-order valence-electron chi connectivity index (χ4n) is 3.80. The number of fused-ring (bicyclic) bond motifs is 2. The first-order chi connectivity index (χ1) is 15.6. The molecule has 0 bridgehead atoms. The van der Waals surface area contributed by atoms with Gasteiger partial charge in [-0.25, -0.2) is 9.97 Å². The lowest BCUT2D eigenvalue weighted by Crippen LogP contribution is -2.32. The van der Waals surface area contributed by atoms with E-state index in [1.807, 2.05) is 72.3 Å². The van der Waals surface area contributed by atoms with E-state index in [2.05, 4.69) is 4.98 Å². The highest BCUT2D eigenvalue weighted by Gasteiger charge is 2.22. The maximum absolute atomic E-state index is 13.7. The molecule has 2 aromatic heterocycles. The number of halogens is 2. The summed E-state index contributed by atoms with van der Waals surface area (Å²) in [5.74, 6) is -0.0609. The van der Waals surface area contributed by atoms with Gasteiger partial charge in [-0.05, 0) is 47.9 Å². The standard InChI is InChI=1S/C25H21ClN4OS.ClH/c1-17-7-10-21(26)23-22(17)28-25(32-23)30(13-4-12-29-14-11-27-16-29)24(31)20-9-8-18-5-2-3-6-19(18)15-20;/h2-3,5-11,14-16H,4,12-13H2,1H3;1H. The highest BCUT2D eigenvalue weighted by Crippen LogP contribution is 2.36. The van der Waals surface area contributed by atoms with Crippen LogP contribution in [-0.4, -0.2) is 27.0 Å². The monoisotopic (exact) mass is 496 g/mol. The van der Waals surface area contributed by atoms with Crippen LogP contribution in [0.15, 0.2) is 73.3 Å². The zero-order chi connectivity index (χ0) is 22.1. The Bertz CT molecular complexity index is 1380. The maximum Gasteiger partial charge on any atom is 0.260 e. The second-order valence-electron chi connectivity index (χ2n) is 7.71. The van der Waals surface area contributed by atoms with Crippen molar-refractivity contribution in [2.75, 3.05) is 11.4 Å². The van der Waals surface area contributed by atoms with Crippen molar-refractivity contribution in [2.24, 2.45) is 0 Å². The smallest absolute Gasteiger partial charge is 0.260 e. The van der Waals surface area contributed by atoms with E-state index in [-0.39, 0.29) is 18.3 Å². The minimum Gasteiger partial charge on any atom is -0.337 e. The third kappa shape index (κ3) is 4.74. The van der Waals surface area contributed by atoms with Crippen molar-refractivity contribution in [3.05, 3.63) is 89.5 Å². The highest BCUT2D eigenvalue weighted by atomic mass is 35.5. The number of aryl methyl sites for hydroxylation is 2. The minimum absolute atomic E-state index is 0. The number of rotatable bonds is 6. The number of anilines is 1. The van der Waals surface area contributed by atoms with Gasteiger partial charge >= 0.3 is 0 Å². The van der Waals surface area contributed by atoms with Crippen LogP contribution in [0.5, 0.6) is 0 Å². The fraction of sp³-hybridized carbons (Fsp3) is 0.160. The molecule has 3 aromatic carbocycles. The summed E-state index contributed by atoms with van der Waals surface area (Å²) in [5.41, 5.74) is 2.54. The molecule has 0 N–H and O–H groups in total. The summed E-state index contributed by atoms with van der Waals surface area (Å²) >= 11 is 7.90. The Balaban J connectivity index is 0.00000259. The Morgan fingerprint density at radius 3 is 2.70 bits per heavy atom. The van der Waals surface area contributed by atoms with Crippen LogP contribution in [0, 0.1) is 6.92 Å². The number of hydrogen-bond acceptors (Lipinski definition) is 4. The molecule has 2 heterocycles. The topological polar surface area (TPSA) is 51.0 Å². The van der Waals surface area contributed by atoms with Crippen molar-refractivity contribution in [3.63, 3.8) is 0 Å². The van der Waals surface area contributed by atoms with E-state index in [1.54, 1.807) is 17.4 Å². The van der Waals surface area contributed by atoms with Gasteiger partial charge in [-0.1, -0.05) is 59.3 Å². The number of thiazole rings is 1. The summed E-state index contributed by atoms with van der Waals surface area (Å²) in [4.78, 5) is 24.4. The number of benzene rings is 3. The van der Waals surface area contributed by atoms with Gasteiger partial charge in [0, 0.05) is 31.0 Å². The predicted octanol–water partition coefficient (Wildman–Crippen LogP) is 6.77. The summed E-state index contributed by atoms with van der Waals surface area (Å²) in [6.07, 6.45) is 6.25. The van der Waals surface area contributed by atoms with Crippen LogP contribution in [0.2, 0.25) is 5.02 Å². The molecule has 0 aliphatic heterocycles. The Morgan fingerprint density at radius 2 is 1.94 bits per heavy atom. The Hall–Kier alpha value is -2.93. The lowest BCUT2D eigenvalue weighted by Gasteiger charge is -2.20. The molecule has 0 atom stereocenters. The lowest BCUT2D eigenvalue weighted by molar-refractivity contribution is 0.0986. The Morgan fingerprint density at radius 1 is 1.12 bits per heavy atom. The quantitative estimate of drug-likeness (QED) is 0.260. The van der Waals surface area contributed by atoms with Crippen molar-refractivity contribution < 1.29 is 4.79 Å². The van der Waals surface area contributed by atoms with E-state index in [0.29, 0.717) is 22.3 Å². The summed E-state index contributed by atoms with van der Waals surface area (Å²) in [5, 5.41) is 3.48. The highest BCUT2D eigenvalue weighted by molar-refractivity contribution is 7.23. The first-order valence-corrected chi connectivity index (χ1v) is 11.6. The molecule has 0 aliphatic rings. The molecule has 5 aromatic rings. The number of carbonyl (C=O) groups is 1. The number of aromatic nitrogens is 3. The van der Waals surface area contributed by atoms with Gasteiger partial charge in [-0.2, -0.15) is 0 Å². The SMILES string of the molecule is Cc1ccc(Cl)c2sc(N(CCCn3ccnc3)C(=O)c3ccc4ccccc4c3)nc12.Cl. The Kier molecular flexibility index (Phi) is 6.98. The van der Waals surface area contributed by atoms with E-state index < -0.39 is 0 Å². The normalized spacial score (nSPS) is 11.0. The van der Waals surface area contributed by atoms with Crippen molar-refractivity contribution in [1.29, 1.82) is 0 Å². The van der Waals surface area contributed by atoms with E-state index in [1.165, 1.54) is 11.3 Å². The molecule has 168 valence electrons. The van der Waals surface area contributed by atoms with Gasteiger partial charge in [-0.3, -0.25) is 9.69 Å². The fourth-order valence-corrected chi connectivity index (χ4v) is 5.14. The lowest BCUT2D eigenvalue weighted by atomic mass is 10.1. The number of imidazole rings is 1. The van der Waals surface area contributed by atoms with Gasteiger partial charge in [0.15, 0.2) is 5.13 Å². The Labute approximate surface area is 207 Å². The van der Waals surface area contributed by atoms with E-state index in [0.717, 1.165) is 39.5 Å². The molecular weight excluding hydrogens is 475 g/mol. The molecule has 33 heavy (non-hydrogen) atoms. The average Bonchev–Trinajstić information content (AvgIpc) is 3.49. The maximum atomic E-state index is 13.7. The van der Waals surface area contributed by atoms with Crippen LogP contribution < -0.4 is 4.90 Å². The first kappa shape index (κ1) is 23.2. The molecule has 5 nitrogen and oxygen atoms in total. The van der Waals surface area contributed by atoms with Crippen LogP contribution >= 0.6 is 35.3 Å². The summed E-state index contributed by atoms with van der Waals surface area (Å²) in [7, 11) is 0. The van der Waals surface area contributed by atoms with E-state index in [9.17, 15) is 4.79 Å². The number of hydrogen-bond donors (Lipinski definition) is 0. The van der Waals surface area contributed by atoms with Crippen LogP contribution in [0.4, 0.5) is 5.13 Å². The van der Waals surface area contributed by atoms with Crippen molar-refractivity contribution in [1.82, 2.24) is 14.5 Å². The second-order valence-corrected chi connectivity index (χ2v) is 9.10. The molecule has 0 radical (unpaired) electrons. The third-order valence-electron chi connectivity index (χ3n) is 5.52. The van der Waals surface area contributed by atoms with Gasteiger partial charge in [0.2, 0.25) is 0 Å². The summed E-state index contributed by atoms with van der Waals surface area (Å²) < 4.78 is 2.92. The van der Waals surface area contributed by atoms with E-state index in [4.69, 9.17) is 16.6 Å².